The Kier molecular flexibility index (Phi) is 6.17. The highest BCUT2D eigenvalue weighted by atomic mass is 19.1. The minimum atomic E-state index is -0.373. The van der Waals surface area contributed by atoms with E-state index in [-0.39, 0.29) is 16.1 Å². The monoisotopic (exact) mass is 463 g/mol. The lowest BCUT2D eigenvalue weighted by Crippen LogP contribution is -2.58. The summed E-state index contributed by atoms with van der Waals surface area (Å²) in [7, 11) is 0. The van der Waals surface area contributed by atoms with E-state index < -0.39 is 0 Å². The molecule has 2 aromatic heterocycles. The second-order valence-corrected chi connectivity index (χ2v) is 8.86. The second-order valence-electron chi connectivity index (χ2n) is 8.86. The van der Waals surface area contributed by atoms with Crippen LogP contribution in [0.2, 0.25) is 0 Å². The number of hydroxylamine groups is 3. The topological polar surface area (TPSA) is 78.6 Å². The maximum atomic E-state index is 13.8. The van der Waals surface area contributed by atoms with Gasteiger partial charge in [0.05, 0.1) is 18.8 Å². The third kappa shape index (κ3) is 4.73. The van der Waals surface area contributed by atoms with Gasteiger partial charge in [-0.3, -0.25) is 0 Å². The van der Waals surface area contributed by atoms with E-state index in [9.17, 15) is 14.4 Å². The van der Waals surface area contributed by atoms with Gasteiger partial charge in [0.25, 0.3) is 0 Å². The SMILES string of the molecule is O=c1cc(NCCCC[N+]2(O)CCN(c3nccc4ccc(F)cc34)CC2)c2ccccc2o1. The fraction of sp³-hybridized carbons (Fsp3) is 0.308. The number of hydrogen-bond acceptors (Lipinski definition) is 6. The molecular weight excluding hydrogens is 435 g/mol. The van der Waals surface area contributed by atoms with E-state index in [0.717, 1.165) is 40.5 Å². The van der Waals surface area contributed by atoms with Crippen LogP contribution in [0.1, 0.15) is 12.8 Å². The zero-order chi connectivity index (χ0) is 23.5. The highest BCUT2D eigenvalue weighted by Gasteiger charge is 2.32. The lowest BCUT2D eigenvalue weighted by atomic mass is 10.1. The number of aromatic nitrogens is 1. The van der Waals surface area contributed by atoms with E-state index in [1.165, 1.54) is 18.2 Å². The molecule has 0 aliphatic carbocycles. The number of rotatable bonds is 7. The number of hydrogen-bond donors (Lipinski definition) is 2. The second kappa shape index (κ2) is 9.40. The van der Waals surface area contributed by atoms with E-state index in [4.69, 9.17) is 4.42 Å². The third-order valence-electron chi connectivity index (χ3n) is 6.55. The zero-order valence-electron chi connectivity index (χ0n) is 18.9. The van der Waals surface area contributed by atoms with Crippen LogP contribution in [0.15, 0.2) is 70.0 Å². The number of para-hydroxylation sites is 1. The molecule has 0 amide bonds. The van der Waals surface area contributed by atoms with Gasteiger partial charge in [0.15, 0.2) is 0 Å². The first-order chi connectivity index (χ1) is 16.5. The van der Waals surface area contributed by atoms with E-state index in [1.807, 2.05) is 24.3 Å². The Balaban J connectivity index is 1.14. The van der Waals surface area contributed by atoms with Crippen LogP contribution in [-0.4, -0.2) is 54.1 Å². The van der Waals surface area contributed by atoms with Gasteiger partial charge in [0.2, 0.25) is 0 Å². The Morgan fingerprint density at radius 2 is 1.88 bits per heavy atom. The van der Waals surface area contributed by atoms with Gasteiger partial charge in [0.1, 0.15) is 36.9 Å². The van der Waals surface area contributed by atoms with Crippen molar-refractivity contribution in [3.05, 3.63) is 77.0 Å². The quantitative estimate of drug-likeness (QED) is 0.240. The molecule has 0 saturated carbocycles. The molecule has 1 fully saturated rings. The van der Waals surface area contributed by atoms with E-state index in [2.05, 4.69) is 15.2 Å². The summed E-state index contributed by atoms with van der Waals surface area (Å²) in [6, 6.07) is 15.6. The number of anilines is 2. The van der Waals surface area contributed by atoms with Gasteiger partial charge in [-0.2, -0.15) is 4.65 Å². The first-order valence-corrected chi connectivity index (χ1v) is 11.7. The minimum Gasteiger partial charge on any atom is -0.423 e. The Morgan fingerprint density at radius 3 is 2.74 bits per heavy atom. The Hall–Kier alpha value is -3.49. The molecule has 1 aliphatic rings. The lowest BCUT2D eigenvalue weighted by Gasteiger charge is -2.39. The summed E-state index contributed by atoms with van der Waals surface area (Å²) in [5, 5.41) is 17.0. The average Bonchev–Trinajstić information content (AvgIpc) is 2.84. The van der Waals surface area contributed by atoms with Crippen molar-refractivity contribution in [2.45, 2.75) is 12.8 Å². The number of unbranched alkanes of at least 4 members (excludes halogenated alkanes) is 1. The van der Waals surface area contributed by atoms with Gasteiger partial charge in [0, 0.05) is 36.0 Å². The summed E-state index contributed by atoms with van der Waals surface area (Å²) in [5.74, 6) is 0.496. The number of nitrogens with one attached hydrogen (secondary N) is 1. The number of pyridine rings is 1. The van der Waals surface area contributed by atoms with Crippen LogP contribution in [0, 0.1) is 5.82 Å². The molecule has 34 heavy (non-hydrogen) atoms. The molecule has 176 valence electrons. The number of benzene rings is 2. The van der Waals surface area contributed by atoms with Gasteiger partial charge < -0.3 is 14.6 Å². The molecule has 0 radical (unpaired) electrons. The van der Waals surface area contributed by atoms with Gasteiger partial charge in [-0.05, 0) is 42.1 Å². The van der Waals surface area contributed by atoms with Crippen molar-refractivity contribution in [3.8, 4) is 0 Å². The first kappa shape index (κ1) is 22.3. The number of fused-ring (bicyclic) bond motifs is 2. The van der Waals surface area contributed by atoms with Crippen LogP contribution >= 0.6 is 0 Å². The van der Waals surface area contributed by atoms with Crippen LogP contribution in [0.4, 0.5) is 15.9 Å². The standard InChI is InChI=1S/C26H27FN4O3/c27-20-8-7-19-9-11-29-26(22(19)17-20)30-12-15-31(33,16-13-30)14-4-3-10-28-23-18-25(32)34-24-6-2-1-5-21(23)24/h1-2,5-9,11,17-18,33H,3-4,10,12-16H2/p+1. The van der Waals surface area contributed by atoms with E-state index in [0.29, 0.717) is 44.9 Å². The van der Waals surface area contributed by atoms with Crippen LogP contribution in [0.5, 0.6) is 0 Å². The van der Waals surface area contributed by atoms with Crippen molar-refractivity contribution in [1.82, 2.24) is 4.98 Å². The zero-order valence-corrected chi connectivity index (χ0v) is 18.9. The van der Waals surface area contributed by atoms with Gasteiger partial charge >= 0.3 is 5.63 Å². The highest BCUT2D eigenvalue weighted by molar-refractivity contribution is 5.92. The van der Waals surface area contributed by atoms with Crippen molar-refractivity contribution >= 4 is 33.2 Å². The minimum absolute atomic E-state index is 0.0213. The predicted octanol–water partition coefficient (Wildman–Crippen LogP) is 4.40. The Bertz CT molecular complexity index is 1370. The fourth-order valence-electron chi connectivity index (χ4n) is 4.66. The van der Waals surface area contributed by atoms with Crippen molar-refractivity contribution in [2.24, 2.45) is 0 Å². The summed E-state index contributed by atoms with van der Waals surface area (Å²) in [5.41, 5.74) is 0.966. The molecular formula is C26H28FN4O3+. The average molecular weight is 464 g/mol. The fourth-order valence-corrected chi connectivity index (χ4v) is 4.66. The largest absolute Gasteiger partial charge is 0.423 e. The normalized spacial score (nSPS) is 15.6. The first-order valence-electron chi connectivity index (χ1n) is 11.7. The molecule has 5 rings (SSSR count). The summed E-state index contributed by atoms with van der Waals surface area (Å²) >= 11 is 0. The Labute approximate surface area is 196 Å². The third-order valence-corrected chi connectivity index (χ3v) is 6.55. The molecule has 0 unspecified atom stereocenters. The summed E-state index contributed by atoms with van der Waals surface area (Å²) in [4.78, 5) is 18.4. The number of quaternary nitrogens is 1. The smallest absolute Gasteiger partial charge is 0.338 e. The van der Waals surface area contributed by atoms with Gasteiger partial charge in [-0.15, -0.1) is 0 Å². The molecule has 2 N–H and O–H groups in total. The molecule has 7 nitrogen and oxygen atoms in total. The molecule has 2 aromatic carbocycles. The highest BCUT2D eigenvalue weighted by Crippen LogP contribution is 2.27. The number of piperazine rings is 1. The van der Waals surface area contributed by atoms with E-state index in [1.54, 1.807) is 18.3 Å². The van der Waals surface area contributed by atoms with Crippen LogP contribution in [-0.2, 0) is 0 Å². The van der Waals surface area contributed by atoms with Crippen molar-refractivity contribution < 1.29 is 18.7 Å². The summed E-state index contributed by atoms with van der Waals surface area (Å²) < 4.78 is 19.1. The molecule has 3 heterocycles. The molecule has 0 atom stereocenters. The maximum Gasteiger partial charge on any atom is 0.338 e. The molecule has 4 aromatic rings. The van der Waals surface area contributed by atoms with Gasteiger partial charge in [-0.1, -0.05) is 18.2 Å². The van der Waals surface area contributed by atoms with Crippen molar-refractivity contribution in [1.29, 1.82) is 0 Å². The summed E-state index contributed by atoms with van der Waals surface area (Å²) in [6.07, 6.45) is 3.46. The van der Waals surface area contributed by atoms with E-state index >= 15 is 0 Å². The van der Waals surface area contributed by atoms with Crippen LogP contribution < -0.4 is 15.8 Å². The molecule has 1 saturated heterocycles. The Morgan fingerprint density at radius 1 is 1.06 bits per heavy atom. The summed E-state index contributed by atoms with van der Waals surface area (Å²) in [6.45, 7) is 3.85. The lowest BCUT2D eigenvalue weighted by molar-refractivity contribution is -1.10. The number of nitrogens with zero attached hydrogens (tertiary/aromatic N) is 3. The van der Waals surface area contributed by atoms with Crippen molar-refractivity contribution in [3.63, 3.8) is 0 Å². The number of halogens is 1. The predicted molar refractivity (Wildman–Crippen MR) is 131 cm³/mol. The van der Waals surface area contributed by atoms with Crippen LogP contribution in [0.3, 0.4) is 0 Å². The van der Waals surface area contributed by atoms with Crippen LogP contribution in [0.25, 0.3) is 21.7 Å². The molecule has 0 bridgehead atoms. The molecule has 8 heteroatoms. The van der Waals surface area contributed by atoms with Gasteiger partial charge in [-0.25, -0.2) is 19.4 Å². The van der Waals surface area contributed by atoms with Crippen molar-refractivity contribution in [2.75, 3.05) is 49.5 Å². The molecule has 1 aliphatic heterocycles. The maximum absolute atomic E-state index is 13.8. The molecule has 0 spiro atoms.